The van der Waals surface area contributed by atoms with Crippen LogP contribution in [0.3, 0.4) is 0 Å². The molecule has 4 rings (SSSR count). The number of anilines is 1. The van der Waals surface area contributed by atoms with Crippen molar-refractivity contribution in [1.29, 1.82) is 0 Å². The molecule has 0 unspecified atom stereocenters. The van der Waals surface area contributed by atoms with Crippen molar-refractivity contribution < 1.29 is 23.2 Å². The molecule has 8 nitrogen and oxygen atoms in total. The summed E-state index contributed by atoms with van der Waals surface area (Å²) in [6.45, 7) is 1.75. The molecule has 0 atom stereocenters. The fourth-order valence-corrected chi connectivity index (χ4v) is 3.43. The maximum Gasteiger partial charge on any atom is 0.293 e. The van der Waals surface area contributed by atoms with Gasteiger partial charge in [-0.3, -0.25) is 14.9 Å². The van der Waals surface area contributed by atoms with Gasteiger partial charge in [-0.25, -0.2) is 4.98 Å². The van der Waals surface area contributed by atoms with E-state index in [2.05, 4.69) is 15.6 Å². The van der Waals surface area contributed by atoms with E-state index in [9.17, 15) is 9.59 Å². The highest BCUT2D eigenvalue weighted by Gasteiger charge is 2.17. The monoisotopic (exact) mass is 411 g/mol. The maximum atomic E-state index is 12.5. The van der Waals surface area contributed by atoms with E-state index in [1.165, 1.54) is 18.3 Å². The van der Waals surface area contributed by atoms with Crippen LogP contribution in [0.4, 0.5) is 5.13 Å². The van der Waals surface area contributed by atoms with Crippen molar-refractivity contribution in [2.24, 2.45) is 0 Å². The van der Waals surface area contributed by atoms with E-state index < -0.39 is 5.91 Å². The molecule has 0 spiro atoms. The summed E-state index contributed by atoms with van der Waals surface area (Å²) in [5.41, 5.74) is 1.10. The molecule has 9 heteroatoms. The summed E-state index contributed by atoms with van der Waals surface area (Å²) < 4.78 is 16.6. The zero-order chi connectivity index (χ0) is 20.4. The fraction of sp³-hybridized carbons (Fsp3) is 0.150. The van der Waals surface area contributed by atoms with Crippen molar-refractivity contribution >= 4 is 39.3 Å². The highest BCUT2D eigenvalue weighted by molar-refractivity contribution is 7.14. The molecular formula is C20H17N3O5S. The van der Waals surface area contributed by atoms with Crippen LogP contribution in [0.25, 0.3) is 22.4 Å². The molecule has 0 saturated heterocycles. The quantitative estimate of drug-likeness (QED) is 0.496. The first kappa shape index (κ1) is 18.8. The third kappa shape index (κ3) is 3.99. The number of fused-ring (bicyclic) bond motifs is 1. The summed E-state index contributed by atoms with van der Waals surface area (Å²) in [6, 6.07) is 10.6. The van der Waals surface area contributed by atoms with Gasteiger partial charge in [0.25, 0.3) is 5.91 Å². The van der Waals surface area contributed by atoms with Gasteiger partial charge >= 0.3 is 0 Å². The van der Waals surface area contributed by atoms with Crippen LogP contribution in [0.1, 0.15) is 23.2 Å². The lowest BCUT2D eigenvalue weighted by Gasteiger charge is -1.99. The zero-order valence-electron chi connectivity index (χ0n) is 15.6. The molecule has 0 fully saturated rings. The highest BCUT2D eigenvalue weighted by Crippen LogP contribution is 2.30. The summed E-state index contributed by atoms with van der Waals surface area (Å²) in [6.07, 6.45) is 0. The number of ether oxygens (including phenoxy) is 1. The Balaban J connectivity index is 1.48. The van der Waals surface area contributed by atoms with Gasteiger partial charge in [-0.2, -0.15) is 0 Å². The number of carbonyl (C=O) groups is 2. The van der Waals surface area contributed by atoms with Gasteiger partial charge in [0.2, 0.25) is 5.91 Å². The minimum absolute atomic E-state index is 0.134. The first-order valence-electron chi connectivity index (χ1n) is 8.70. The zero-order valence-corrected chi connectivity index (χ0v) is 16.5. The van der Waals surface area contributed by atoms with Gasteiger partial charge in [-0.05, 0) is 24.3 Å². The van der Waals surface area contributed by atoms with Gasteiger partial charge in [-0.1, -0.05) is 12.1 Å². The molecule has 148 valence electrons. The molecule has 2 N–H and O–H groups in total. The lowest BCUT2D eigenvalue weighted by Crippen LogP contribution is -2.18. The van der Waals surface area contributed by atoms with E-state index in [1.54, 1.807) is 36.8 Å². The summed E-state index contributed by atoms with van der Waals surface area (Å²) in [5.74, 6) is 1.35. The number of benzene rings is 1. The number of nitrogens with one attached hydrogen (secondary N) is 2. The van der Waals surface area contributed by atoms with Gasteiger partial charge in [-0.15, -0.1) is 11.3 Å². The molecule has 0 aliphatic rings. The van der Waals surface area contributed by atoms with Crippen molar-refractivity contribution in [3.05, 3.63) is 53.3 Å². The molecule has 3 heterocycles. The molecule has 2 amide bonds. The molecule has 3 aromatic heterocycles. The Hall–Kier alpha value is -3.59. The lowest BCUT2D eigenvalue weighted by atomic mass is 10.2. The predicted molar refractivity (Wildman–Crippen MR) is 108 cm³/mol. The van der Waals surface area contributed by atoms with Crippen LogP contribution in [0, 0.1) is 0 Å². The SMILES string of the molecule is COc1cccc2cc(C(=O)Nc3nc(-c4ccc(CNC(C)=O)o4)cs3)oc12. The molecule has 4 aromatic rings. The van der Waals surface area contributed by atoms with Crippen LogP contribution < -0.4 is 15.4 Å². The van der Waals surface area contributed by atoms with Gasteiger partial charge < -0.3 is 18.9 Å². The number of rotatable bonds is 6. The van der Waals surface area contributed by atoms with E-state index in [0.29, 0.717) is 40.2 Å². The summed E-state index contributed by atoms with van der Waals surface area (Å²) in [7, 11) is 1.55. The Morgan fingerprint density at radius 3 is 2.86 bits per heavy atom. The number of hydrogen-bond donors (Lipinski definition) is 2. The third-order valence-corrected chi connectivity index (χ3v) is 4.86. The van der Waals surface area contributed by atoms with Crippen LogP contribution in [-0.4, -0.2) is 23.9 Å². The van der Waals surface area contributed by atoms with Crippen LogP contribution >= 0.6 is 11.3 Å². The molecule has 1 aromatic carbocycles. The van der Waals surface area contributed by atoms with Gasteiger partial charge in [0.05, 0.1) is 13.7 Å². The first-order valence-corrected chi connectivity index (χ1v) is 9.58. The largest absolute Gasteiger partial charge is 0.493 e. The van der Waals surface area contributed by atoms with E-state index in [0.717, 1.165) is 5.39 Å². The number of amides is 2. The normalized spacial score (nSPS) is 10.8. The highest BCUT2D eigenvalue weighted by atomic mass is 32.1. The Bertz CT molecular complexity index is 1190. The number of aromatic nitrogens is 1. The molecule has 0 radical (unpaired) electrons. The minimum Gasteiger partial charge on any atom is -0.493 e. The van der Waals surface area contributed by atoms with Crippen molar-refractivity contribution in [3.8, 4) is 17.2 Å². The Labute approximate surface area is 169 Å². The average Bonchev–Trinajstić information content (AvgIpc) is 3.44. The van der Waals surface area contributed by atoms with Gasteiger partial charge in [0, 0.05) is 17.7 Å². The van der Waals surface area contributed by atoms with Crippen LogP contribution in [0.15, 0.2) is 50.6 Å². The van der Waals surface area contributed by atoms with Crippen LogP contribution in [-0.2, 0) is 11.3 Å². The van der Waals surface area contributed by atoms with E-state index in [4.69, 9.17) is 13.6 Å². The topological polar surface area (TPSA) is 107 Å². The Morgan fingerprint density at radius 2 is 2.07 bits per heavy atom. The van der Waals surface area contributed by atoms with E-state index >= 15 is 0 Å². The average molecular weight is 411 g/mol. The Kier molecular flexibility index (Phi) is 5.05. The van der Waals surface area contributed by atoms with E-state index in [-0.39, 0.29) is 11.7 Å². The second-order valence-corrected chi connectivity index (χ2v) is 7.02. The Morgan fingerprint density at radius 1 is 1.21 bits per heavy atom. The van der Waals surface area contributed by atoms with Crippen molar-refractivity contribution in [2.45, 2.75) is 13.5 Å². The number of nitrogens with zero attached hydrogens (tertiary/aromatic N) is 1. The molecule has 29 heavy (non-hydrogen) atoms. The van der Waals surface area contributed by atoms with E-state index in [1.807, 2.05) is 12.1 Å². The molecule has 0 bridgehead atoms. The van der Waals surface area contributed by atoms with Crippen molar-refractivity contribution in [2.75, 3.05) is 12.4 Å². The number of methoxy groups -OCH3 is 1. The number of furan rings is 2. The predicted octanol–water partition coefficient (Wildman–Crippen LogP) is 4.05. The number of carbonyl (C=O) groups excluding carboxylic acids is 2. The fourth-order valence-electron chi connectivity index (χ4n) is 2.73. The molecule has 0 saturated carbocycles. The van der Waals surface area contributed by atoms with Gasteiger partial charge in [0.1, 0.15) is 11.5 Å². The number of thiazole rings is 1. The number of hydrogen-bond acceptors (Lipinski definition) is 7. The second kappa shape index (κ2) is 7.80. The van der Waals surface area contributed by atoms with Crippen molar-refractivity contribution in [3.63, 3.8) is 0 Å². The summed E-state index contributed by atoms with van der Waals surface area (Å²) in [5, 5.41) is 8.36. The number of para-hydroxylation sites is 1. The minimum atomic E-state index is -0.407. The lowest BCUT2D eigenvalue weighted by molar-refractivity contribution is -0.119. The molecule has 0 aliphatic carbocycles. The maximum absolute atomic E-state index is 12.5. The molecular weight excluding hydrogens is 394 g/mol. The summed E-state index contributed by atoms with van der Waals surface area (Å²) in [4.78, 5) is 27.9. The smallest absolute Gasteiger partial charge is 0.293 e. The third-order valence-electron chi connectivity index (χ3n) is 4.10. The van der Waals surface area contributed by atoms with Crippen molar-refractivity contribution in [1.82, 2.24) is 10.3 Å². The standard InChI is InChI=1S/C20H17N3O5S/c1-11(24)21-9-13-6-7-15(27-13)14-10-29-20(22-14)23-19(25)17-8-12-4-3-5-16(26-2)18(12)28-17/h3-8,10H,9H2,1-2H3,(H,21,24)(H,22,23,25). The second-order valence-electron chi connectivity index (χ2n) is 6.16. The van der Waals surface area contributed by atoms with Crippen LogP contribution in [0.2, 0.25) is 0 Å². The summed E-state index contributed by atoms with van der Waals surface area (Å²) >= 11 is 1.27. The first-order chi connectivity index (χ1) is 14.0. The van der Waals surface area contributed by atoms with Gasteiger partial charge in [0.15, 0.2) is 28.0 Å². The molecule has 0 aliphatic heterocycles. The van der Waals surface area contributed by atoms with Crippen LogP contribution in [0.5, 0.6) is 5.75 Å².